The van der Waals surface area contributed by atoms with E-state index in [-0.39, 0.29) is 0 Å². The molecule has 0 saturated heterocycles. The highest BCUT2D eigenvalue weighted by Crippen LogP contribution is 2.10. The summed E-state index contributed by atoms with van der Waals surface area (Å²) in [5.41, 5.74) is 2.01. The van der Waals surface area contributed by atoms with Gasteiger partial charge in [0.1, 0.15) is 0 Å². The molecule has 0 saturated carbocycles. The Balaban J connectivity index is 0.000000791. The predicted molar refractivity (Wildman–Crippen MR) is 61.1 cm³/mol. The van der Waals surface area contributed by atoms with E-state index in [0.717, 1.165) is 12.0 Å². The van der Waals surface area contributed by atoms with Crippen molar-refractivity contribution in [2.75, 3.05) is 0 Å². The van der Waals surface area contributed by atoms with Crippen molar-refractivity contribution in [3.8, 4) is 6.07 Å². The summed E-state index contributed by atoms with van der Waals surface area (Å²) in [5.74, 6) is 0. The fourth-order valence-electron chi connectivity index (χ4n) is 1.21. The van der Waals surface area contributed by atoms with Gasteiger partial charge in [0.2, 0.25) is 0 Å². The number of nitriles is 1. The van der Waals surface area contributed by atoms with Gasteiger partial charge in [0.05, 0.1) is 11.6 Å². The monoisotopic (exact) mass is 189 g/mol. The Kier molecular flexibility index (Phi) is 7.55. The number of hydrogen-bond donors (Lipinski definition) is 0. The van der Waals surface area contributed by atoms with Gasteiger partial charge >= 0.3 is 0 Å². The Morgan fingerprint density at radius 2 is 1.86 bits per heavy atom. The van der Waals surface area contributed by atoms with Gasteiger partial charge in [0.25, 0.3) is 0 Å². The second kappa shape index (κ2) is 8.31. The highest BCUT2D eigenvalue weighted by molar-refractivity contribution is 5.37. The molecule has 0 heterocycles. The van der Waals surface area contributed by atoms with Gasteiger partial charge in [-0.2, -0.15) is 5.26 Å². The molecule has 0 aliphatic heterocycles. The average molecular weight is 189 g/mol. The third kappa shape index (κ3) is 4.09. The highest BCUT2D eigenvalue weighted by atomic mass is 14.2. The molecule has 76 valence electrons. The highest BCUT2D eigenvalue weighted by Gasteiger charge is 1.98. The minimum absolute atomic E-state index is 0.825. The van der Waals surface area contributed by atoms with Crippen LogP contribution in [0.5, 0.6) is 0 Å². The molecule has 0 bridgehead atoms. The number of nitrogens with zero attached hydrogens (tertiary/aromatic N) is 1. The lowest BCUT2D eigenvalue weighted by atomic mass is 10.0. The third-order valence-corrected chi connectivity index (χ3v) is 1.94. The van der Waals surface area contributed by atoms with E-state index in [1.54, 1.807) is 0 Å². The van der Waals surface area contributed by atoms with Gasteiger partial charge < -0.3 is 0 Å². The Morgan fingerprint density at radius 3 is 2.43 bits per heavy atom. The molecule has 1 heteroatoms. The summed E-state index contributed by atoms with van der Waals surface area (Å²) in [7, 11) is 0. The van der Waals surface area contributed by atoms with Crippen molar-refractivity contribution < 1.29 is 0 Å². The molecule has 1 aromatic carbocycles. The van der Waals surface area contributed by atoms with Crippen molar-refractivity contribution in [1.29, 1.82) is 5.26 Å². The topological polar surface area (TPSA) is 23.8 Å². The lowest BCUT2D eigenvalue weighted by molar-refractivity contribution is 0.793. The zero-order valence-electron chi connectivity index (χ0n) is 9.38. The fraction of sp³-hybridized carbons (Fsp3) is 0.462. The summed E-state index contributed by atoms with van der Waals surface area (Å²) in [6.45, 7) is 6.16. The molecule has 0 atom stereocenters. The van der Waals surface area contributed by atoms with E-state index in [2.05, 4.69) is 13.0 Å². The largest absolute Gasteiger partial charge is 0.192 e. The van der Waals surface area contributed by atoms with Gasteiger partial charge in [-0.05, 0) is 24.5 Å². The van der Waals surface area contributed by atoms with E-state index < -0.39 is 0 Å². The Labute approximate surface area is 87.4 Å². The van der Waals surface area contributed by atoms with E-state index in [0.29, 0.717) is 0 Å². The van der Waals surface area contributed by atoms with Crippen LogP contribution in [0.1, 0.15) is 44.7 Å². The molecule has 0 N–H and O–H groups in total. The summed E-state index contributed by atoms with van der Waals surface area (Å²) < 4.78 is 0. The van der Waals surface area contributed by atoms with E-state index in [1.807, 2.05) is 38.1 Å². The van der Waals surface area contributed by atoms with Crippen LogP contribution < -0.4 is 0 Å². The van der Waals surface area contributed by atoms with Crippen LogP contribution in [0.3, 0.4) is 0 Å². The van der Waals surface area contributed by atoms with Crippen LogP contribution in [0.2, 0.25) is 0 Å². The number of benzene rings is 1. The first kappa shape index (κ1) is 12.7. The fourth-order valence-corrected chi connectivity index (χ4v) is 1.21. The van der Waals surface area contributed by atoms with Crippen molar-refractivity contribution in [2.24, 2.45) is 0 Å². The molecule has 1 rings (SSSR count). The number of aryl methyl sites for hydroxylation is 1. The van der Waals surface area contributed by atoms with Crippen molar-refractivity contribution >= 4 is 0 Å². The van der Waals surface area contributed by atoms with Gasteiger partial charge in [-0.15, -0.1) is 0 Å². The van der Waals surface area contributed by atoms with E-state index in [9.17, 15) is 0 Å². The van der Waals surface area contributed by atoms with Crippen molar-refractivity contribution in [1.82, 2.24) is 0 Å². The van der Waals surface area contributed by atoms with Crippen molar-refractivity contribution in [3.05, 3.63) is 35.4 Å². The van der Waals surface area contributed by atoms with E-state index in [1.165, 1.54) is 18.4 Å². The number of rotatable bonds is 3. The van der Waals surface area contributed by atoms with E-state index in [4.69, 9.17) is 5.26 Å². The molecule has 0 radical (unpaired) electrons. The van der Waals surface area contributed by atoms with Crippen LogP contribution in [-0.2, 0) is 6.42 Å². The van der Waals surface area contributed by atoms with Crippen LogP contribution in [-0.4, -0.2) is 0 Å². The smallest absolute Gasteiger partial charge is 0.0994 e. The predicted octanol–water partition coefficient (Wildman–Crippen LogP) is 3.93. The van der Waals surface area contributed by atoms with Crippen molar-refractivity contribution in [2.45, 2.75) is 40.0 Å². The van der Waals surface area contributed by atoms with Crippen LogP contribution in [0, 0.1) is 11.3 Å². The average Bonchev–Trinajstić information content (AvgIpc) is 2.29. The lowest BCUT2D eigenvalue weighted by Gasteiger charge is -2.00. The molecule has 0 fully saturated rings. The molecular formula is C13H19N. The minimum Gasteiger partial charge on any atom is -0.192 e. The molecule has 0 aliphatic rings. The van der Waals surface area contributed by atoms with Crippen LogP contribution in [0.4, 0.5) is 0 Å². The SMILES string of the molecule is CC.CCCCc1ccccc1C#N. The van der Waals surface area contributed by atoms with Crippen molar-refractivity contribution in [3.63, 3.8) is 0 Å². The van der Waals surface area contributed by atoms with Gasteiger partial charge in [0.15, 0.2) is 0 Å². The van der Waals surface area contributed by atoms with Crippen LogP contribution in [0.15, 0.2) is 24.3 Å². The standard InChI is InChI=1S/C11H13N.C2H6/c1-2-3-6-10-7-4-5-8-11(10)9-12;1-2/h4-5,7-8H,2-3,6H2,1H3;1-2H3. The normalized spacial score (nSPS) is 8.43. The molecule has 0 aromatic heterocycles. The Hall–Kier alpha value is -1.29. The third-order valence-electron chi connectivity index (χ3n) is 1.94. The van der Waals surface area contributed by atoms with Gasteiger partial charge in [-0.3, -0.25) is 0 Å². The van der Waals surface area contributed by atoms with Crippen LogP contribution in [0.25, 0.3) is 0 Å². The molecule has 0 spiro atoms. The minimum atomic E-state index is 0.825. The quantitative estimate of drug-likeness (QED) is 0.706. The summed E-state index contributed by atoms with van der Waals surface area (Å²) in [4.78, 5) is 0. The molecule has 0 aliphatic carbocycles. The molecular weight excluding hydrogens is 170 g/mol. The first-order valence-corrected chi connectivity index (χ1v) is 5.36. The Morgan fingerprint density at radius 1 is 1.21 bits per heavy atom. The zero-order chi connectivity index (χ0) is 10.8. The Bertz CT molecular complexity index is 284. The second-order valence-corrected chi connectivity index (χ2v) is 2.87. The van der Waals surface area contributed by atoms with Gasteiger partial charge in [0, 0.05) is 0 Å². The maximum atomic E-state index is 8.77. The van der Waals surface area contributed by atoms with Gasteiger partial charge in [-0.25, -0.2) is 0 Å². The molecule has 1 nitrogen and oxygen atoms in total. The maximum absolute atomic E-state index is 8.77. The molecule has 1 aromatic rings. The first-order chi connectivity index (χ1) is 6.88. The number of hydrogen-bond acceptors (Lipinski definition) is 1. The van der Waals surface area contributed by atoms with Crippen LogP contribution >= 0.6 is 0 Å². The molecule has 14 heavy (non-hydrogen) atoms. The lowest BCUT2D eigenvalue weighted by Crippen LogP contribution is -1.88. The first-order valence-electron chi connectivity index (χ1n) is 5.36. The van der Waals surface area contributed by atoms with Gasteiger partial charge in [-0.1, -0.05) is 45.4 Å². The zero-order valence-corrected chi connectivity index (χ0v) is 9.38. The second-order valence-electron chi connectivity index (χ2n) is 2.87. The summed E-state index contributed by atoms with van der Waals surface area (Å²) in [6, 6.07) is 10.0. The van der Waals surface area contributed by atoms with E-state index >= 15 is 0 Å². The number of unbranched alkanes of at least 4 members (excludes halogenated alkanes) is 1. The summed E-state index contributed by atoms with van der Waals surface area (Å²) >= 11 is 0. The summed E-state index contributed by atoms with van der Waals surface area (Å²) in [5, 5.41) is 8.77. The molecule has 0 unspecified atom stereocenters. The maximum Gasteiger partial charge on any atom is 0.0994 e. The summed E-state index contributed by atoms with van der Waals surface area (Å²) in [6.07, 6.45) is 3.37. The molecule has 0 amide bonds.